The number of rotatable bonds is 11. The molecule has 0 fully saturated rings. The number of ether oxygens (including phenoxy) is 1. The molecule has 0 saturated carbocycles. The van der Waals surface area contributed by atoms with Crippen molar-refractivity contribution in [3.05, 3.63) is 71.3 Å². The van der Waals surface area contributed by atoms with E-state index in [2.05, 4.69) is 24.3 Å². The van der Waals surface area contributed by atoms with Crippen LogP contribution in [-0.2, 0) is 6.42 Å². The summed E-state index contributed by atoms with van der Waals surface area (Å²) in [5.41, 5.74) is 2.21. The summed E-state index contributed by atoms with van der Waals surface area (Å²) in [6.45, 7) is 1.69. The number of aryl methyl sites for hydroxylation is 1. The van der Waals surface area contributed by atoms with Crippen LogP contribution in [0.4, 0.5) is 0 Å². The minimum absolute atomic E-state index is 0.169. The zero-order valence-corrected chi connectivity index (χ0v) is 17.4. The summed E-state index contributed by atoms with van der Waals surface area (Å²) in [6.07, 6.45) is 5.26. The summed E-state index contributed by atoms with van der Waals surface area (Å²) in [6, 6.07) is 15.2. The highest BCUT2D eigenvalue weighted by Crippen LogP contribution is 2.41. The first-order valence-electron chi connectivity index (χ1n) is 9.59. The maximum Gasteiger partial charge on any atom is 0.335 e. The number of aliphatic hydroxyl groups excluding tert-OH is 1. The minimum Gasteiger partial charge on any atom is -0.496 e. The average molecular weight is 402 g/mol. The fourth-order valence-electron chi connectivity index (χ4n) is 3.43. The molecule has 2 aromatic carbocycles. The van der Waals surface area contributed by atoms with E-state index in [4.69, 9.17) is 17.4 Å². The second-order valence-electron chi connectivity index (χ2n) is 7.04. The smallest absolute Gasteiger partial charge is 0.335 e. The van der Waals surface area contributed by atoms with Gasteiger partial charge in [0.15, 0.2) is 0 Å². The maximum absolute atomic E-state index is 11.3. The molecular weight excluding hydrogens is 372 g/mol. The lowest BCUT2D eigenvalue weighted by molar-refractivity contribution is 0.0696. The fourth-order valence-corrected chi connectivity index (χ4v) is 3.99. The molecule has 0 amide bonds. The molecule has 28 heavy (non-hydrogen) atoms. The molecule has 2 aromatic rings. The first-order chi connectivity index (χ1) is 13.4. The normalized spacial score (nSPS) is 13.3. The molecule has 0 saturated heterocycles. The highest BCUT2D eigenvalue weighted by Gasteiger charge is 2.27. The Morgan fingerprint density at radius 2 is 1.79 bits per heavy atom. The van der Waals surface area contributed by atoms with Gasteiger partial charge < -0.3 is 14.9 Å². The molecule has 0 aromatic heterocycles. The number of hydrogen-bond donors (Lipinski definition) is 3. The van der Waals surface area contributed by atoms with E-state index in [1.807, 2.05) is 6.07 Å². The number of methoxy groups -OCH3 is 1. The zero-order valence-electron chi connectivity index (χ0n) is 16.5. The number of aromatic carboxylic acids is 1. The van der Waals surface area contributed by atoms with E-state index < -0.39 is 5.97 Å². The fraction of sp³-hybridized carbons (Fsp3) is 0.391. The van der Waals surface area contributed by atoms with Gasteiger partial charge in [0.25, 0.3) is 0 Å². The summed E-state index contributed by atoms with van der Waals surface area (Å²) in [5, 5.41) is 19.2. The lowest BCUT2D eigenvalue weighted by Gasteiger charge is -2.27. The Morgan fingerprint density at radius 3 is 2.39 bits per heavy atom. The van der Waals surface area contributed by atoms with Crippen molar-refractivity contribution in [2.75, 3.05) is 7.11 Å². The van der Waals surface area contributed by atoms with Crippen LogP contribution in [0.2, 0.25) is 0 Å². The van der Waals surface area contributed by atoms with Crippen LogP contribution in [0.15, 0.2) is 48.5 Å². The summed E-state index contributed by atoms with van der Waals surface area (Å²) in [4.78, 5) is 11.3. The predicted octanol–water partition coefficient (Wildman–Crippen LogP) is 5.71. The number of hydrogen-bond acceptors (Lipinski definition) is 4. The first-order valence-corrected chi connectivity index (χ1v) is 10.1. The van der Waals surface area contributed by atoms with Gasteiger partial charge in [0.2, 0.25) is 0 Å². The molecule has 2 atom stereocenters. The van der Waals surface area contributed by atoms with E-state index in [-0.39, 0.29) is 16.7 Å². The Kier molecular flexibility index (Phi) is 8.87. The van der Waals surface area contributed by atoms with Crippen molar-refractivity contribution in [1.82, 2.24) is 0 Å². The number of carboxylic acid groups (broad SMARTS) is 1. The van der Waals surface area contributed by atoms with E-state index in [0.717, 1.165) is 32.1 Å². The molecule has 151 valence electrons. The van der Waals surface area contributed by atoms with Gasteiger partial charge in [0, 0.05) is 16.7 Å². The van der Waals surface area contributed by atoms with Crippen molar-refractivity contribution in [3.63, 3.8) is 0 Å². The number of carbonyl (C=O) groups is 1. The van der Waals surface area contributed by atoms with Gasteiger partial charge in [-0.15, -0.1) is 0 Å². The van der Waals surface area contributed by atoms with E-state index in [9.17, 15) is 15.0 Å². The second-order valence-corrected chi connectivity index (χ2v) is 7.60. The van der Waals surface area contributed by atoms with Gasteiger partial charge in [-0.2, -0.15) is 12.6 Å². The van der Waals surface area contributed by atoms with E-state index in [0.29, 0.717) is 17.4 Å². The molecule has 0 heterocycles. The van der Waals surface area contributed by atoms with Gasteiger partial charge in [0.05, 0.1) is 18.8 Å². The van der Waals surface area contributed by atoms with Crippen LogP contribution in [0.25, 0.3) is 0 Å². The van der Waals surface area contributed by atoms with Crippen LogP contribution in [0.3, 0.4) is 0 Å². The number of thiol groups is 1. The van der Waals surface area contributed by atoms with Crippen LogP contribution < -0.4 is 4.74 Å². The molecule has 2 unspecified atom stereocenters. The Labute approximate surface area is 173 Å². The van der Waals surface area contributed by atoms with Gasteiger partial charge >= 0.3 is 5.97 Å². The van der Waals surface area contributed by atoms with Gasteiger partial charge in [-0.05, 0) is 49.9 Å². The van der Waals surface area contributed by atoms with Gasteiger partial charge in [-0.25, -0.2) is 4.79 Å². The molecule has 0 aliphatic heterocycles. The molecular formula is C23H29O4S. The standard InChI is InChI=1S/C23H29O4S/c1-16(24)19(12-8-4-7-11-17-9-5-3-6-10-17)22(28)20-15-18(23(25)26)13-14-21(20)27-2/h3,5-6,9-10,13-15,19,22,24,28H,4,7-8,11-12H2,1-2H3,(H,25,26). The molecule has 2 rings (SSSR count). The molecule has 0 aliphatic rings. The van der Waals surface area contributed by atoms with Crippen molar-refractivity contribution in [2.45, 2.75) is 44.3 Å². The summed E-state index contributed by atoms with van der Waals surface area (Å²) >= 11 is 4.72. The largest absolute Gasteiger partial charge is 0.496 e. The Balaban J connectivity index is 1.98. The molecule has 0 bridgehead atoms. The SMILES string of the molecule is COc1ccc(C(=O)O)cc1C(S)C(CCCCCc1ccccc1)[C](C)O. The van der Waals surface area contributed by atoms with Crippen molar-refractivity contribution in [3.8, 4) is 5.75 Å². The number of benzene rings is 2. The monoisotopic (exact) mass is 401 g/mol. The van der Waals surface area contributed by atoms with Crippen LogP contribution in [0, 0.1) is 12.0 Å². The number of carboxylic acids is 1. The molecule has 4 nitrogen and oxygen atoms in total. The second kappa shape index (κ2) is 11.1. The van der Waals surface area contributed by atoms with Gasteiger partial charge in [-0.3, -0.25) is 0 Å². The molecule has 0 spiro atoms. The van der Waals surface area contributed by atoms with E-state index in [1.54, 1.807) is 26.2 Å². The van der Waals surface area contributed by atoms with Crippen molar-refractivity contribution < 1.29 is 19.7 Å². The van der Waals surface area contributed by atoms with Crippen LogP contribution in [-0.4, -0.2) is 23.3 Å². The van der Waals surface area contributed by atoms with Crippen LogP contribution >= 0.6 is 12.6 Å². The first kappa shape index (κ1) is 22.3. The van der Waals surface area contributed by atoms with E-state index in [1.165, 1.54) is 11.6 Å². The molecule has 0 aliphatic carbocycles. The topological polar surface area (TPSA) is 66.8 Å². The third-order valence-corrected chi connectivity index (χ3v) is 5.67. The lowest BCUT2D eigenvalue weighted by atomic mass is 9.88. The van der Waals surface area contributed by atoms with Crippen LogP contribution in [0.1, 0.15) is 59.3 Å². The van der Waals surface area contributed by atoms with Crippen molar-refractivity contribution >= 4 is 18.6 Å². The summed E-state index contributed by atoms with van der Waals surface area (Å²) in [7, 11) is 1.55. The van der Waals surface area contributed by atoms with Crippen molar-refractivity contribution in [1.29, 1.82) is 0 Å². The zero-order chi connectivity index (χ0) is 20.5. The number of aliphatic hydroxyl groups is 1. The Hall–Kier alpha value is -1.98. The highest BCUT2D eigenvalue weighted by molar-refractivity contribution is 7.80. The molecule has 5 heteroatoms. The summed E-state index contributed by atoms with van der Waals surface area (Å²) < 4.78 is 5.39. The van der Waals surface area contributed by atoms with Gasteiger partial charge in [-0.1, -0.05) is 43.2 Å². The van der Waals surface area contributed by atoms with Crippen molar-refractivity contribution in [2.24, 2.45) is 5.92 Å². The quantitative estimate of drug-likeness (QED) is 0.333. The van der Waals surface area contributed by atoms with Crippen LogP contribution in [0.5, 0.6) is 5.75 Å². The predicted molar refractivity (Wildman–Crippen MR) is 115 cm³/mol. The summed E-state index contributed by atoms with van der Waals surface area (Å²) in [5.74, 6) is -0.579. The maximum atomic E-state index is 11.3. The van der Waals surface area contributed by atoms with E-state index >= 15 is 0 Å². The lowest BCUT2D eigenvalue weighted by Crippen LogP contribution is -2.17. The Bertz CT molecular complexity index is 746. The highest BCUT2D eigenvalue weighted by atomic mass is 32.1. The molecule has 1 radical (unpaired) electrons. The molecule has 2 N–H and O–H groups in total. The third-order valence-electron chi connectivity index (χ3n) is 5.04. The number of unbranched alkanes of at least 4 members (excludes halogenated alkanes) is 2. The van der Waals surface area contributed by atoms with Gasteiger partial charge in [0.1, 0.15) is 5.75 Å². The average Bonchev–Trinajstić information content (AvgIpc) is 2.70. The Morgan fingerprint density at radius 1 is 1.07 bits per heavy atom. The minimum atomic E-state index is -0.994. The third kappa shape index (κ3) is 6.28.